The fourth-order valence-electron chi connectivity index (χ4n) is 2.64. The van der Waals surface area contributed by atoms with Crippen LogP contribution in [0.15, 0.2) is 18.2 Å². The van der Waals surface area contributed by atoms with Crippen molar-refractivity contribution in [3.63, 3.8) is 0 Å². The number of hydrogen-bond donors (Lipinski definition) is 1. The smallest absolute Gasteiger partial charge is 0.233 e. The molecule has 0 atom stereocenters. The minimum atomic E-state index is -0.0741. The molecular weight excluding hydrogens is 228 g/mol. The maximum absolute atomic E-state index is 11.9. The Hall–Kier alpha value is -1.84. The van der Waals surface area contributed by atoms with Crippen LogP contribution in [0.3, 0.4) is 0 Å². The molecule has 2 amide bonds. The average Bonchev–Trinajstić information content (AvgIpc) is 2.38. The minimum Gasteiger partial charge on any atom is -0.385 e. The van der Waals surface area contributed by atoms with Gasteiger partial charge in [0.05, 0.1) is 5.69 Å². The lowest BCUT2D eigenvalue weighted by Gasteiger charge is -2.27. The molecule has 3 rings (SSSR count). The summed E-state index contributed by atoms with van der Waals surface area (Å²) in [6.45, 7) is 0.994. The molecule has 2 aliphatic rings. The minimum absolute atomic E-state index is 0.0741. The van der Waals surface area contributed by atoms with Crippen LogP contribution in [0.25, 0.3) is 0 Å². The number of hydrogen-bond acceptors (Lipinski definition) is 3. The first kappa shape index (κ1) is 11.3. The highest BCUT2D eigenvalue weighted by atomic mass is 16.2. The van der Waals surface area contributed by atoms with E-state index >= 15 is 0 Å². The second-order valence-corrected chi connectivity index (χ2v) is 4.85. The van der Waals surface area contributed by atoms with Crippen molar-refractivity contribution < 1.29 is 9.59 Å². The maximum atomic E-state index is 11.9. The predicted molar refractivity (Wildman–Crippen MR) is 69.6 cm³/mol. The summed E-state index contributed by atoms with van der Waals surface area (Å²) in [6.07, 6.45) is 3.73. The van der Waals surface area contributed by atoms with Crippen molar-refractivity contribution in [1.82, 2.24) is 0 Å². The molecule has 0 unspecified atom stereocenters. The lowest BCUT2D eigenvalue weighted by Crippen LogP contribution is -2.40. The second-order valence-electron chi connectivity index (χ2n) is 4.85. The van der Waals surface area contributed by atoms with Crippen LogP contribution in [-0.4, -0.2) is 18.4 Å². The van der Waals surface area contributed by atoms with E-state index in [2.05, 4.69) is 5.32 Å². The first-order valence-corrected chi connectivity index (χ1v) is 6.48. The largest absolute Gasteiger partial charge is 0.385 e. The summed E-state index contributed by atoms with van der Waals surface area (Å²) < 4.78 is 0. The highest BCUT2D eigenvalue weighted by molar-refractivity contribution is 6.16. The molecule has 0 spiro atoms. The number of amides is 2. The Morgan fingerprint density at radius 3 is 2.56 bits per heavy atom. The summed E-state index contributed by atoms with van der Waals surface area (Å²) in [5, 5.41) is 3.33. The number of imide groups is 1. The number of anilines is 2. The highest BCUT2D eigenvalue weighted by Gasteiger charge is 2.27. The van der Waals surface area contributed by atoms with Gasteiger partial charge in [-0.05, 0) is 43.0 Å². The van der Waals surface area contributed by atoms with E-state index in [0.29, 0.717) is 19.3 Å². The van der Waals surface area contributed by atoms with Crippen molar-refractivity contribution in [1.29, 1.82) is 0 Å². The number of aryl methyl sites for hydroxylation is 1. The first-order chi connectivity index (χ1) is 8.75. The number of fused-ring (bicyclic) bond motifs is 1. The number of carbonyl (C=O) groups excluding carboxylic acids is 2. The van der Waals surface area contributed by atoms with Crippen molar-refractivity contribution in [3.8, 4) is 0 Å². The first-order valence-electron chi connectivity index (χ1n) is 6.48. The molecule has 18 heavy (non-hydrogen) atoms. The van der Waals surface area contributed by atoms with Crippen LogP contribution >= 0.6 is 0 Å². The molecule has 1 aromatic rings. The Kier molecular flexibility index (Phi) is 2.78. The van der Waals surface area contributed by atoms with Crippen LogP contribution in [0.1, 0.15) is 31.2 Å². The monoisotopic (exact) mass is 244 g/mol. The fraction of sp³-hybridized carbons (Fsp3) is 0.429. The summed E-state index contributed by atoms with van der Waals surface area (Å²) in [7, 11) is 0. The van der Waals surface area contributed by atoms with Crippen LogP contribution < -0.4 is 10.2 Å². The summed E-state index contributed by atoms with van der Waals surface area (Å²) in [5.41, 5.74) is 3.05. The van der Waals surface area contributed by atoms with Gasteiger partial charge in [0.2, 0.25) is 11.8 Å². The zero-order valence-corrected chi connectivity index (χ0v) is 10.2. The quantitative estimate of drug-likeness (QED) is 0.769. The molecular formula is C14H16N2O2. The molecule has 1 aromatic carbocycles. The van der Waals surface area contributed by atoms with Crippen LogP contribution in [0.5, 0.6) is 0 Å². The maximum Gasteiger partial charge on any atom is 0.233 e. The van der Waals surface area contributed by atoms with E-state index in [1.54, 1.807) is 0 Å². The SMILES string of the molecule is O=C1CCCC(=O)N1c1ccc2c(c1)CCCN2. The van der Waals surface area contributed by atoms with Crippen molar-refractivity contribution in [2.45, 2.75) is 32.1 Å². The number of carbonyl (C=O) groups is 2. The fourth-order valence-corrected chi connectivity index (χ4v) is 2.64. The van der Waals surface area contributed by atoms with Crippen molar-refractivity contribution in [2.24, 2.45) is 0 Å². The van der Waals surface area contributed by atoms with Gasteiger partial charge in [-0.1, -0.05) is 0 Å². The topological polar surface area (TPSA) is 49.4 Å². The van der Waals surface area contributed by atoms with E-state index in [1.165, 1.54) is 10.5 Å². The van der Waals surface area contributed by atoms with Gasteiger partial charge in [-0.3, -0.25) is 14.5 Å². The molecule has 2 heterocycles. The van der Waals surface area contributed by atoms with Gasteiger partial charge in [0.1, 0.15) is 0 Å². The van der Waals surface area contributed by atoms with Crippen molar-refractivity contribution >= 4 is 23.2 Å². The Bertz CT molecular complexity index is 495. The third kappa shape index (κ3) is 1.88. The third-order valence-corrected chi connectivity index (χ3v) is 3.57. The van der Waals surface area contributed by atoms with Crippen LogP contribution in [0, 0.1) is 0 Å². The molecule has 94 valence electrons. The number of nitrogens with one attached hydrogen (secondary N) is 1. The molecule has 0 saturated carbocycles. The Morgan fingerprint density at radius 2 is 1.78 bits per heavy atom. The third-order valence-electron chi connectivity index (χ3n) is 3.57. The molecule has 0 aromatic heterocycles. The molecule has 1 saturated heterocycles. The standard InChI is InChI=1S/C14H16N2O2/c17-13-4-1-5-14(18)16(13)11-6-7-12-10(9-11)3-2-8-15-12/h6-7,9,15H,1-5,8H2. The van der Waals surface area contributed by atoms with Crippen LogP contribution in [0.2, 0.25) is 0 Å². The molecule has 2 aliphatic heterocycles. The number of benzene rings is 1. The number of rotatable bonds is 1. The van der Waals surface area contributed by atoms with E-state index in [9.17, 15) is 9.59 Å². The van der Waals surface area contributed by atoms with Gasteiger partial charge in [-0.2, -0.15) is 0 Å². The molecule has 1 N–H and O–H groups in total. The lowest BCUT2D eigenvalue weighted by atomic mass is 10.0. The van der Waals surface area contributed by atoms with E-state index in [1.807, 2.05) is 18.2 Å². The number of piperidine rings is 1. The normalized spacial score (nSPS) is 19.4. The summed E-state index contributed by atoms with van der Waals surface area (Å²) >= 11 is 0. The molecule has 0 bridgehead atoms. The Labute approximate surface area is 106 Å². The molecule has 4 heteroatoms. The van der Waals surface area contributed by atoms with E-state index < -0.39 is 0 Å². The van der Waals surface area contributed by atoms with Gasteiger partial charge < -0.3 is 5.32 Å². The van der Waals surface area contributed by atoms with Gasteiger partial charge >= 0.3 is 0 Å². The molecule has 0 aliphatic carbocycles. The van der Waals surface area contributed by atoms with Crippen LogP contribution in [-0.2, 0) is 16.0 Å². The molecule has 4 nitrogen and oxygen atoms in total. The van der Waals surface area contributed by atoms with Gasteiger partial charge in [0, 0.05) is 25.1 Å². The van der Waals surface area contributed by atoms with E-state index in [4.69, 9.17) is 0 Å². The molecule has 1 fully saturated rings. The van der Waals surface area contributed by atoms with Crippen LogP contribution in [0.4, 0.5) is 11.4 Å². The van der Waals surface area contributed by atoms with E-state index in [-0.39, 0.29) is 11.8 Å². The Morgan fingerprint density at radius 1 is 1.00 bits per heavy atom. The van der Waals surface area contributed by atoms with Gasteiger partial charge in [0.25, 0.3) is 0 Å². The lowest BCUT2D eigenvalue weighted by molar-refractivity contribution is -0.129. The summed E-state index contributed by atoms with van der Waals surface area (Å²) in [4.78, 5) is 25.1. The highest BCUT2D eigenvalue weighted by Crippen LogP contribution is 2.29. The van der Waals surface area contributed by atoms with Gasteiger partial charge in [-0.25, -0.2) is 0 Å². The van der Waals surface area contributed by atoms with Crippen molar-refractivity contribution in [3.05, 3.63) is 23.8 Å². The molecule has 0 radical (unpaired) electrons. The average molecular weight is 244 g/mol. The number of nitrogens with zero attached hydrogens (tertiary/aromatic N) is 1. The van der Waals surface area contributed by atoms with E-state index in [0.717, 1.165) is 30.8 Å². The predicted octanol–water partition coefficient (Wildman–Crippen LogP) is 2.09. The van der Waals surface area contributed by atoms with Gasteiger partial charge in [-0.15, -0.1) is 0 Å². The van der Waals surface area contributed by atoms with Gasteiger partial charge in [0.15, 0.2) is 0 Å². The summed E-state index contributed by atoms with van der Waals surface area (Å²) in [6, 6.07) is 5.81. The zero-order chi connectivity index (χ0) is 12.5. The Balaban J connectivity index is 1.96. The van der Waals surface area contributed by atoms with Crippen molar-refractivity contribution in [2.75, 3.05) is 16.8 Å². The second kappa shape index (κ2) is 4.44. The zero-order valence-electron chi connectivity index (χ0n) is 10.2. The summed E-state index contributed by atoms with van der Waals surface area (Å²) in [5.74, 6) is -0.148.